The summed E-state index contributed by atoms with van der Waals surface area (Å²) < 4.78 is 51.1. The summed E-state index contributed by atoms with van der Waals surface area (Å²) in [5.74, 6) is 0.148. The molecular formula is C25H33N3O9S2. The van der Waals surface area contributed by atoms with Gasteiger partial charge in [0.05, 0.1) is 24.2 Å². The highest BCUT2D eigenvalue weighted by atomic mass is 32.3. The van der Waals surface area contributed by atoms with Crippen molar-refractivity contribution < 1.29 is 36.3 Å². The highest BCUT2D eigenvalue weighted by Gasteiger charge is 2.32. The molecular weight excluding hydrogens is 550 g/mol. The van der Waals surface area contributed by atoms with Crippen molar-refractivity contribution >= 4 is 34.1 Å². The molecule has 39 heavy (non-hydrogen) atoms. The summed E-state index contributed by atoms with van der Waals surface area (Å²) in [7, 11) is -4.90. The Bertz CT molecular complexity index is 1180. The van der Waals surface area contributed by atoms with E-state index < -0.39 is 39.7 Å². The summed E-state index contributed by atoms with van der Waals surface area (Å²) in [5.41, 5.74) is 0.745. The lowest BCUT2D eigenvalue weighted by Gasteiger charge is -2.32. The number of nitrogens with zero attached hydrogens (tertiary/aromatic N) is 2. The number of nitrogens with one attached hydrogen (secondary N) is 1. The lowest BCUT2D eigenvalue weighted by Crippen LogP contribution is -2.51. The predicted octanol–water partition coefficient (Wildman–Crippen LogP) is 3.87. The van der Waals surface area contributed by atoms with E-state index in [-0.39, 0.29) is 31.2 Å². The second-order valence-electron chi connectivity index (χ2n) is 9.48. The zero-order valence-electron chi connectivity index (χ0n) is 21.7. The predicted molar refractivity (Wildman–Crippen MR) is 145 cm³/mol. The van der Waals surface area contributed by atoms with Crippen LogP contribution in [0.25, 0.3) is 0 Å². The van der Waals surface area contributed by atoms with Crippen molar-refractivity contribution in [2.45, 2.75) is 49.8 Å². The van der Waals surface area contributed by atoms with Gasteiger partial charge in [0.15, 0.2) is 0 Å². The monoisotopic (exact) mass is 583 g/mol. The third-order valence-corrected chi connectivity index (χ3v) is 7.22. The fourth-order valence-corrected chi connectivity index (χ4v) is 5.66. The van der Waals surface area contributed by atoms with Crippen molar-refractivity contribution in [1.82, 2.24) is 9.62 Å². The Morgan fingerprint density at radius 2 is 1.90 bits per heavy atom. The first-order valence-electron chi connectivity index (χ1n) is 12.4. The Hall–Kier alpha value is -2.75. The van der Waals surface area contributed by atoms with Crippen molar-refractivity contribution in [2.75, 3.05) is 26.3 Å². The first kappa shape index (κ1) is 30.8. The minimum absolute atomic E-state index is 0.0239. The summed E-state index contributed by atoms with van der Waals surface area (Å²) in [6, 6.07) is 14.2. The number of hydrogen-bond donors (Lipinski definition) is 2. The van der Waals surface area contributed by atoms with E-state index in [9.17, 15) is 27.9 Å². The molecule has 0 saturated carbocycles. The summed E-state index contributed by atoms with van der Waals surface area (Å²) in [6.45, 7) is 5.16. The topological polar surface area (TPSA) is 158 Å². The van der Waals surface area contributed by atoms with Gasteiger partial charge in [-0.05, 0) is 42.0 Å². The van der Waals surface area contributed by atoms with Gasteiger partial charge in [-0.25, -0.2) is 13.3 Å². The van der Waals surface area contributed by atoms with Crippen molar-refractivity contribution in [3.8, 4) is 0 Å². The maximum atomic E-state index is 12.8. The van der Waals surface area contributed by atoms with Gasteiger partial charge in [0.25, 0.3) is 5.69 Å². The number of carbonyl (C=O) groups excluding carboxylic acids is 1. The number of hydrogen-bond acceptors (Lipinski definition) is 10. The van der Waals surface area contributed by atoms with Crippen LogP contribution >= 0.6 is 11.9 Å². The molecule has 0 spiro atoms. The van der Waals surface area contributed by atoms with E-state index in [0.717, 1.165) is 5.56 Å². The standard InChI is InChI=1S/C25H33N3O9S2/c1-18(2)15-27(38-22-10-8-20(9-11-22)28(30)31)16-24(37-39(32,33)34)23(14-19-6-4-3-5-7-19)26-25(29)36-21-12-13-35-17-21/h3-11,18,21,23-24H,12-17H2,1-2H3,(H,26,29)(H,32,33,34). The van der Waals surface area contributed by atoms with E-state index in [1.165, 1.54) is 24.1 Å². The van der Waals surface area contributed by atoms with Gasteiger partial charge in [-0.1, -0.05) is 44.2 Å². The molecule has 2 aromatic rings. The molecule has 1 aliphatic heterocycles. The summed E-state index contributed by atoms with van der Waals surface area (Å²) in [5, 5.41) is 13.7. The summed E-state index contributed by atoms with van der Waals surface area (Å²) in [4.78, 5) is 24.0. The van der Waals surface area contributed by atoms with Crippen LogP contribution in [0.5, 0.6) is 0 Å². The van der Waals surface area contributed by atoms with Crippen molar-refractivity contribution in [1.29, 1.82) is 0 Å². The van der Waals surface area contributed by atoms with Gasteiger partial charge in [-0.3, -0.25) is 14.7 Å². The van der Waals surface area contributed by atoms with Gasteiger partial charge in [0.2, 0.25) is 0 Å². The average molecular weight is 584 g/mol. The van der Waals surface area contributed by atoms with E-state index in [1.807, 2.05) is 48.5 Å². The lowest BCUT2D eigenvalue weighted by atomic mass is 10.0. The Labute approximate surface area is 232 Å². The molecule has 2 N–H and O–H groups in total. The maximum Gasteiger partial charge on any atom is 0.407 e. The minimum Gasteiger partial charge on any atom is -0.444 e. The molecule has 0 bridgehead atoms. The number of ether oxygens (including phenoxy) is 2. The van der Waals surface area contributed by atoms with Gasteiger partial charge in [-0.15, -0.1) is 0 Å². The number of benzene rings is 2. The molecule has 3 rings (SSSR count). The third-order valence-electron chi connectivity index (χ3n) is 5.69. The highest BCUT2D eigenvalue weighted by Crippen LogP contribution is 2.27. The lowest BCUT2D eigenvalue weighted by molar-refractivity contribution is -0.384. The van der Waals surface area contributed by atoms with Gasteiger partial charge < -0.3 is 14.8 Å². The third kappa shape index (κ3) is 11.1. The van der Waals surface area contributed by atoms with Crippen LogP contribution in [0.1, 0.15) is 25.8 Å². The van der Waals surface area contributed by atoms with Crippen LogP contribution in [0.15, 0.2) is 59.5 Å². The number of amides is 1. The second kappa shape index (κ2) is 14.6. The molecule has 3 atom stereocenters. The molecule has 0 radical (unpaired) electrons. The largest absolute Gasteiger partial charge is 0.444 e. The average Bonchev–Trinajstić information content (AvgIpc) is 3.36. The zero-order chi connectivity index (χ0) is 28.4. The maximum absolute atomic E-state index is 12.8. The van der Waals surface area contributed by atoms with Crippen LogP contribution in [-0.2, 0) is 30.5 Å². The number of non-ortho nitro benzene ring substituents is 1. The van der Waals surface area contributed by atoms with Gasteiger partial charge in [0.1, 0.15) is 12.2 Å². The van der Waals surface area contributed by atoms with Crippen LogP contribution in [0, 0.1) is 16.0 Å². The summed E-state index contributed by atoms with van der Waals surface area (Å²) >= 11 is 1.25. The molecule has 1 saturated heterocycles. The normalized spacial score (nSPS) is 17.2. The molecule has 1 aliphatic rings. The molecule has 12 nitrogen and oxygen atoms in total. The molecule has 2 aromatic carbocycles. The molecule has 3 unspecified atom stereocenters. The molecule has 1 fully saturated rings. The molecule has 14 heteroatoms. The van der Waals surface area contributed by atoms with Gasteiger partial charge >= 0.3 is 16.5 Å². The first-order valence-corrected chi connectivity index (χ1v) is 14.5. The zero-order valence-corrected chi connectivity index (χ0v) is 23.3. The molecule has 214 valence electrons. The SMILES string of the molecule is CC(C)CN(CC(OS(=O)(=O)O)C(Cc1ccccc1)NC(=O)OC1CCOC1)Sc1ccc([N+](=O)[O-])cc1. The van der Waals surface area contributed by atoms with Crippen LogP contribution in [0.3, 0.4) is 0 Å². The van der Waals surface area contributed by atoms with E-state index in [2.05, 4.69) is 5.32 Å². The molecule has 1 heterocycles. The number of rotatable bonds is 14. The quantitative estimate of drug-likeness (QED) is 0.144. The molecule has 0 aromatic heterocycles. The van der Waals surface area contributed by atoms with E-state index in [4.69, 9.17) is 13.7 Å². The summed E-state index contributed by atoms with van der Waals surface area (Å²) in [6.07, 6.45) is -1.64. The Kier molecular flexibility index (Phi) is 11.5. The number of nitro groups is 1. The number of carbonyl (C=O) groups is 1. The van der Waals surface area contributed by atoms with Gasteiger partial charge in [-0.2, -0.15) is 8.42 Å². The fraction of sp³-hybridized carbons (Fsp3) is 0.480. The highest BCUT2D eigenvalue weighted by molar-refractivity contribution is 7.97. The minimum atomic E-state index is -4.90. The van der Waals surface area contributed by atoms with E-state index in [1.54, 1.807) is 12.1 Å². The Balaban J connectivity index is 1.86. The van der Waals surface area contributed by atoms with Crippen molar-refractivity contribution in [2.24, 2.45) is 5.92 Å². The smallest absolute Gasteiger partial charge is 0.407 e. The van der Waals surface area contributed by atoms with Crippen molar-refractivity contribution in [3.05, 3.63) is 70.3 Å². The first-order chi connectivity index (χ1) is 18.5. The van der Waals surface area contributed by atoms with Gasteiger partial charge in [0, 0.05) is 36.5 Å². The number of nitro benzene ring substituents is 1. The molecule has 1 amide bonds. The second-order valence-corrected chi connectivity index (χ2v) is 11.7. The van der Waals surface area contributed by atoms with Crippen molar-refractivity contribution in [3.63, 3.8) is 0 Å². The van der Waals surface area contributed by atoms with Crippen LogP contribution in [-0.4, -0.2) is 72.8 Å². The van der Waals surface area contributed by atoms with Crippen LogP contribution in [0.2, 0.25) is 0 Å². The fourth-order valence-electron chi connectivity index (χ4n) is 4.00. The number of alkyl carbamates (subject to hydrolysis) is 1. The molecule has 0 aliphatic carbocycles. The van der Waals surface area contributed by atoms with Crippen LogP contribution < -0.4 is 5.32 Å². The van der Waals surface area contributed by atoms with E-state index in [0.29, 0.717) is 24.5 Å². The van der Waals surface area contributed by atoms with Crippen LogP contribution in [0.4, 0.5) is 10.5 Å². The Morgan fingerprint density at radius 1 is 1.21 bits per heavy atom. The van der Waals surface area contributed by atoms with E-state index >= 15 is 0 Å². The Morgan fingerprint density at radius 3 is 2.46 bits per heavy atom.